The van der Waals surface area contributed by atoms with Gasteiger partial charge in [0.25, 0.3) is 0 Å². The fourth-order valence-electron chi connectivity index (χ4n) is 2.89. The van der Waals surface area contributed by atoms with Crippen molar-refractivity contribution in [2.24, 2.45) is 17.6 Å². The van der Waals surface area contributed by atoms with Crippen molar-refractivity contribution in [3.05, 3.63) is 29.3 Å². The monoisotopic (exact) mass is 310 g/mol. The molecule has 4 nitrogen and oxygen atoms in total. The average Bonchev–Trinajstić information content (AvgIpc) is 2.49. The summed E-state index contributed by atoms with van der Waals surface area (Å²) in [6, 6.07) is 5.36. The maximum absolute atomic E-state index is 12.8. The Bertz CT molecular complexity index is 598. The Morgan fingerprint density at radius 1 is 1.24 bits per heavy atom. The molecule has 2 unspecified atom stereocenters. The number of rotatable bonds is 4. The third-order valence-corrected chi connectivity index (χ3v) is 6.57. The highest BCUT2D eigenvalue weighted by molar-refractivity contribution is 7.89. The van der Waals surface area contributed by atoms with E-state index in [9.17, 15) is 8.42 Å². The summed E-state index contributed by atoms with van der Waals surface area (Å²) in [6.45, 7) is 7.96. The molecule has 0 bridgehead atoms. The van der Waals surface area contributed by atoms with Crippen molar-refractivity contribution in [3.8, 4) is 0 Å². The minimum atomic E-state index is -3.40. The molecule has 0 aliphatic carbocycles. The summed E-state index contributed by atoms with van der Waals surface area (Å²) in [6.07, 6.45) is 1.79. The third kappa shape index (κ3) is 3.30. The Morgan fingerprint density at radius 2 is 1.95 bits per heavy atom. The van der Waals surface area contributed by atoms with Crippen molar-refractivity contribution in [1.82, 2.24) is 4.31 Å². The molecule has 2 atom stereocenters. The van der Waals surface area contributed by atoms with E-state index in [0.29, 0.717) is 36.4 Å². The maximum Gasteiger partial charge on any atom is 0.243 e. The Kier molecular flexibility index (Phi) is 5.07. The van der Waals surface area contributed by atoms with E-state index in [-0.39, 0.29) is 0 Å². The van der Waals surface area contributed by atoms with Gasteiger partial charge in [-0.2, -0.15) is 4.31 Å². The number of hydrogen-bond donors (Lipinski definition) is 1. The van der Waals surface area contributed by atoms with Crippen LogP contribution in [0.25, 0.3) is 0 Å². The Labute approximate surface area is 128 Å². The molecule has 2 N–H and O–H groups in total. The van der Waals surface area contributed by atoms with E-state index in [0.717, 1.165) is 24.0 Å². The van der Waals surface area contributed by atoms with Crippen molar-refractivity contribution in [1.29, 1.82) is 0 Å². The second-order valence-electron chi connectivity index (χ2n) is 6.09. The van der Waals surface area contributed by atoms with Crippen molar-refractivity contribution in [2.45, 2.75) is 45.1 Å². The first kappa shape index (κ1) is 16.5. The zero-order valence-electron chi connectivity index (χ0n) is 13.2. The van der Waals surface area contributed by atoms with Crippen LogP contribution >= 0.6 is 0 Å². The smallest absolute Gasteiger partial charge is 0.243 e. The number of hydrogen-bond acceptors (Lipinski definition) is 3. The van der Waals surface area contributed by atoms with Gasteiger partial charge in [0.2, 0.25) is 10.0 Å². The molecule has 2 rings (SSSR count). The summed E-state index contributed by atoms with van der Waals surface area (Å²) in [4.78, 5) is 0.377. The topological polar surface area (TPSA) is 63.4 Å². The van der Waals surface area contributed by atoms with Gasteiger partial charge in [0.05, 0.1) is 4.90 Å². The predicted octanol–water partition coefficient (Wildman–Crippen LogP) is 2.37. The van der Waals surface area contributed by atoms with Crippen LogP contribution in [0.15, 0.2) is 23.1 Å². The van der Waals surface area contributed by atoms with Gasteiger partial charge in [-0.3, -0.25) is 0 Å². The van der Waals surface area contributed by atoms with Crippen LogP contribution in [0, 0.1) is 11.8 Å². The summed E-state index contributed by atoms with van der Waals surface area (Å²) in [7, 11) is -3.40. The van der Waals surface area contributed by atoms with Crippen LogP contribution in [0.5, 0.6) is 0 Å². The lowest BCUT2D eigenvalue weighted by atomic mass is 9.90. The molecular formula is C16H26N2O2S. The zero-order chi connectivity index (χ0) is 15.6. The van der Waals surface area contributed by atoms with E-state index in [2.05, 4.69) is 20.8 Å². The lowest BCUT2D eigenvalue weighted by Crippen LogP contribution is -2.42. The van der Waals surface area contributed by atoms with Crippen LogP contribution in [0.1, 0.15) is 38.3 Å². The van der Waals surface area contributed by atoms with E-state index >= 15 is 0 Å². The molecule has 0 saturated carbocycles. The van der Waals surface area contributed by atoms with Crippen LogP contribution in [-0.4, -0.2) is 25.8 Å². The summed E-state index contributed by atoms with van der Waals surface area (Å²) in [5.41, 5.74) is 7.80. The summed E-state index contributed by atoms with van der Waals surface area (Å²) in [5, 5.41) is 0. The molecule has 0 radical (unpaired) electrons. The predicted molar refractivity (Wildman–Crippen MR) is 85.4 cm³/mol. The van der Waals surface area contributed by atoms with Gasteiger partial charge >= 0.3 is 0 Å². The van der Waals surface area contributed by atoms with Gasteiger partial charge in [0, 0.05) is 19.6 Å². The highest BCUT2D eigenvalue weighted by atomic mass is 32.2. The molecule has 1 aromatic rings. The number of piperidine rings is 1. The van der Waals surface area contributed by atoms with Crippen molar-refractivity contribution >= 4 is 10.0 Å². The van der Waals surface area contributed by atoms with Crippen LogP contribution in [0.2, 0.25) is 0 Å². The van der Waals surface area contributed by atoms with E-state index in [1.165, 1.54) is 0 Å². The van der Waals surface area contributed by atoms with Gasteiger partial charge in [-0.1, -0.05) is 26.8 Å². The molecule has 1 aliphatic heterocycles. The van der Waals surface area contributed by atoms with Crippen molar-refractivity contribution in [2.75, 3.05) is 13.1 Å². The number of nitrogens with two attached hydrogens (primary N) is 1. The average molecular weight is 310 g/mol. The molecule has 21 heavy (non-hydrogen) atoms. The van der Waals surface area contributed by atoms with E-state index < -0.39 is 10.0 Å². The molecule has 1 aromatic carbocycles. The fraction of sp³-hybridized carbons (Fsp3) is 0.625. The van der Waals surface area contributed by atoms with Gasteiger partial charge in [-0.15, -0.1) is 0 Å². The van der Waals surface area contributed by atoms with Gasteiger partial charge < -0.3 is 5.73 Å². The van der Waals surface area contributed by atoms with Crippen LogP contribution in [0.3, 0.4) is 0 Å². The van der Waals surface area contributed by atoms with Gasteiger partial charge in [-0.05, 0) is 47.9 Å². The second kappa shape index (κ2) is 6.46. The Balaban J connectivity index is 2.31. The minimum Gasteiger partial charge on any atom is -0.326 e. The molecule has 5 heteroatoms. The van der Waals surface area contributed by atoms with Crippen LogP contribution in [-0.2, 0) is 23.0 Å². The molecule has 0 amide bonds. The first-order valence-electron chi connectivity index (χ1n) is 7.72. The quantitative estimate of drug-likeness (QED) is 0.928. The molecule has 118 valence electrons. The third-order valence-electron chi connectivity index (χ3n) is 4.71. The van der Waals surface area contributed by atoms with Crippen LogP contribution in [0.4, 0.5) is 0 Å². The van der Waals surface area contributed by atoms with Crippen molar-refractivity contribution < 1.29 is 8.42 Å². The normalized spacial score (nSPS) is 24.2. The van der Waals surface area contributed by atoms with Gasteiger partial charge in [0.15, 0.2) is 0 Å². The van der Waals surface area contributed by atoms with Gasteiger partial charge in [-0.25, -0.2) is 8.42 Å². The number of aryl methyl sites for hydroxylation is 1. The molecule has 1 aliphatic rings. The SMILES string of the molecule is CCc1ccc(S(=O)(=O)N2CCC(C)C(C)C2)cc1CN. The highest BCUT2D eigenvalue weighted by Gasteiger charge is 2.31. The molecule has 1 heterocycles. The minimum absolute atomic E-state index is 0.375. The Hall–Kier alpha value is -0.910. The molecular weight excluding hydrogens is 284 g/mol. The summed E-state index contributed by atoms with van der Waals surface area (Å²) in [5.74, 6) is 0.982. The lowest BCUT2D eigenvalue weighted by Gasteiger charge is -2.34. The zero-order valence-corrected chi connectivity index (χ0v) is 14.0. The fourth-order valence-corrected chi connectivity index (χ4v) is 4.50. The first-order valence-corrected chi connectivity index (χ1v) is 9.16. The number of nitrogens with zero attached hydrogens (tertiary/aromatic N) is 1. The number of sulfonamides is 1. The molecule has 1 fully saturated rings. The van der Waals surface area contributed by atoms with Crippen LogP contribution < -0.4 is 5.73 Å². The molecule has 0 aromatic heterocycles. The Morgan fingerprint density at radius 3 is 2.52 bits per heavy atom. The van der Waals surface area contributed by atoms with E-state index in [1.54, 1.807) is 16.4 Å². The molecule has 1 saturated heterocycles. The van der Waals surface area contributed by atoms with E-state index in [4.69, 9.17) is 5.73 Å². The molecule has 0 spiro atoms. The number of benzene rings is 1. The largest absolute Gasteiger partial charge is 0.326 e. The summed E-state index contributed by atoms with van der Waals surface area (Å²) >= 11 is 0. The highest BCUT2D eigenvalue weighted by Crippen LogP contribution is 2.28. The van der Waals surface area contributed by atoms with Gasteiger partial charge in [0.1, 0.15) is 0 Å². The summed E-state index contributed by atoms with van der Waals surface area (Å²) < 4.78 is 27.2. The second-order valence-corrected chi connectivity index (χ2v) is 8.03. The first-order chi connectivity index (χ1) is 9.90. The standard InChI is InChI=1S/C16H26N2O2S/c1-4-14-5-6-16(9-15(14)10-17)21(19,20)18-8-7-12(2)13(3)11-18/h5-6,9,12-13H,4,7-8,10-11,17H2,1-3H3. The van der Waals surface area contributed by atoms with E-state index in [1.807, 2.05) is 6.07 Å². The van der Waals surface area contributed by atoms with Crippen molar-refractivity contribution in [3.63, 3.8) is 0 Å². The lowest BCUT2D eigenvalue weighted by molar-refractivity contribution is 0.212. The maximum atomic E-state index is 12.8.